The lowest BCUT2D eigenvalue weighted by Gasteiger charge is -2.30. The zero-order valence-corrected chi connectivity index (χ0v) is 15.7. The molecular formula is C20H28N2O4. The number of carboxylic acid groups (broad SMARTS) is 1. The largest absolute Gasteiger partial charge is 0.481 e. The normalized spacial score (nSPS) is 17.4. The molecule has 2 rings (SSSR count). The van der Waals surface area contributed by atoms with Crippen molar-refractivity contribution in [3.63, 3.8) is 0 Å². The van der Waals surface area contributed by atoms with E-state index >= 15 is 0 Å². The summed E-state index contributed by atoms with van der Waals surface area (Å²) >= 11 is 0. The number of benzene rings is 1. The van der Waals surface area contributed by atoms with E-state index in [0.717, 1.165) is 6.42 Å². The number of carbonyl (C=O) groups is 3. The summed E-state index contributed by atoms with van der Waals surface area (Å²) in [5.41, 5.74) is 1.22. The Balaban J connectivity index is 1.94. The minimum Gasteiger partial charge on any atom is -0.481 e. The van der Waals surface area contributed by atoms with Gasteiger partial charge < -0.3 is 15.3 Å². The molecule has 1 aromatic rings. The lowest BCUT2D eigenvalue weighted by atomic mass is 9.93. The highest BCUT2D eigenvalue weighted by Gasteiger charge is 2.27. The molecule has 0 saturated carbocycles. The van der Waals surface area contributed by atoms with E-state index < -0.39 is 5.97 Å². The molecule has 1 aliphatic rings. The molecule has 2 N–H and O–H groups in total. The molecule has 6 nitrogen and oxygen atoms in total. The van der Waals surface area contributed by atoms with E-state index in [4.69, 9.17) is 5.11 Å². The van der Waals surface area contributed by atoms with Crippen molar-refractivity contribution in [3.05, 3.63) is 29.8 Å². The molecule has 0 aliphatic carbocycles. The summed E-state index contributed by atoms with van der Waals surface area (Å²) in [4.78, 5) is 37.5. The maximum atomic E-state index is 12.5. The summed E-state index contributed by atoms with van der Waals surface area (Å²) in [5, 5.41) is 11.9. The van der Waals surface area contributed by atoms with Gasteiger partial charge in [-0.15, -0.1) is 0 Å². The monoisotopic (exact) mass is 360 g/mol. The number of aliphatic carboxylic acids is 1. The van der Waals surface area contributed by atoms with Crippen LogP contribution in [0.15, 0.2) is 24.3 Å². The van der Waals surface area contributed by atoms with E-state index in [1.165, 1.54) is 0 Å². The van der Waals surface area contributed by atoms with Crippen molar-refractivity contribution in [2.75, 3.05) is 18.4 Å². The Hall–Kier alpha value is -2.37. The molecule has 1 heterocycles. The van der Waals surface area contributed by atoms with Gasteiger partial charge in [-0.25, -0.2) is 0 Å². The molecular weight excluding hydrogens is 332 g/mol. The van der Waals surface area contributed by atoms with E-state index in [1.807, 2.05) is 6.92 Å². The third-order valence-electron chi connectivity index (χ3n) is 5.44. The summed E-state index contributed by atoms with van der Waals surface area (Å²) in [6.07, 6.45) is 1.92. The third-order valence-corrected chi connectivity index (χ3v) is 5.44. The van der Waals surface area contributed by atoms with Crippen LogP contribution in [-0.4, -0.2) is 40.9 Å². The Morgan fingerprint density at radius 1 is 1.15 bits per heavy atom. The molecule has 1 aromatic carbocycles. The van der Waals surface area contributed by atoms with E-state index in [0.29, 0.717) is 43.1 Å². The number of anilines is 1. The quantitative estimate of drug-likeness (QED) is 0.815. The van der Waals surface area contributed by atoms with E-state index in [9.17, 15) is 14.4 Å². The van der Waals surface area contributed by atoms with Gasteiger partial charge in [0.25, 0.3) is 5.91 Å². The summed E-state index contributed by atoms with van der Waals surface area (Å²) in [7, 11) is 0. The van der Waals surface area contributed by atoms with Crippen LogP contribution < -0.4 is 5.32 Å². The Bertz CT molecular complexity index is 648. The number of rotatable bonds is 6. The van der Waals surface area contributed by atoms with E-state index in [-0.39, 0.29) is 23.7 Å². The Labute approximate surface area is 154 Å². The number of carbonyl (C=O) groups excluding carboxylic acids is 2. The minimum atomic E-state index is -0.788. The summed E-state index contributed by atoms with van der Waals surface area (Å²) < 4.78 is 0. The highest BCUT2D eigenvalue weighted by atomic mass is 16.4. The van der Waals surface area contributed by atoms with Gasteiger partial charge in [0, 0.05) is 30.3 Å². The van der Waals surface area contributed by atoms with Crippen LogP contribution in [0.3, 0.4) is 0 Å². The summed E-state index contributed by atoms with van der Waals surface area (Å²) in [6, 6.07) is 6.88. The molecule has 1 aliphatic heterocycles. The fraction of sp³-hybridized carbons (Fsp3) is 0.550. The fourth-order valence-electron chi connectivity index (χ4n) is 3.08. The number of nitrogens with one attached hydrogen (secondary N) is 1. The zero-order chi connectivity index (χ0) is 19.3. The van der Waals surface area contributed by atoms with Crippen molar-refractivity contribution in [2.24, 2.45) is 17.8 Å². The van der Waals surface area contributed by atoms with Crippen molar-refractivity contribution in [1.82, 2.24) is 4.90 Å². The van der Waals surface area contributed by atoms with Crippen molar-refractivity contribution < 1.29 is 19.5 Å². The molecule has 1 fully saturated rings. The van der Waals surface area contributed by atoms with Gasteiger partial charge in [0.15, 0.2) is 0 Å². The standard InChI is InChI=1S/C20H28N2O4/c1-4-13(2)14(3)18(23)21-17-7-5-15(6-8-17)19(24)22-11-9-16(10-12-22)20(25)26/h5-8,13-14,16H,4,9-12H2,1-3H3,(H,21,23)(H,25,26). The second kappa shape index (κ2) is 8.83. The van der Waals surface area contributed by atoms with E-state index in [1.54, 1.807) is 29.2 Å². The molecule has 0 aromatic heterocycles. The van der Waals surface area contributed by atoms with Crippen LogP contribution in [0.2, 0.25) is 0 Å². The lowest BCUT2D eigenvalue weighted by Crippen LogP contribution is -2.40. The first-order valence-electron chi connectivity index (χ1n) is 9.26. The first-order chi connectivity index (χ1) is 12.3. The first-order valence-corrected chi connectivity index (χ1v) is 9.26. The van der Waals surface area contributed by atoms with Crippen LogP contribution in [0, 0.1) is 17.8 Å². The topological polar surface area (TPSA) is 86.7 Å². The number of piperidine rings is 1. The molecule has 2 unspecified atom stereocenters. The van der Waals surface area contributed by atoms with Gasteiger partial charge in [0.05, 0.1) is 5.92 Å². The number of carboxylic acids is 1. The Morgan fingerprint density at radius 2 is 1.73 bits per heavy atom. The van der Waals surface area contributed by atoms with Gasteiger partial charge in [-0.1, -0.05) is 27.2 Å². The van der Waals surface area contributed by atoms with Crippen molar-refractivity contribution in [2.45, 2.75) is 40.0 Å². The molecule has 142 valence electrons. The van der Waals surface area contributed by atoms with Crippen molar-refractivity contribution in [1.29, 1.82) is 0 Å². The number of hydrogen-bond acceptors (Lipinski definition) is 3. The molecule has 0 radical (unpaired) electrons. The minimum absolute atomic E-state index is 0.0193. The third kappa shape index (κ3) is 4.84. The first kappa shape index (κ1) is 19.9. The Kier molecular flexibility index (Phi) is 6.77. The smallest absolute Gasteiger partial charge is 0.306 e. The van der Waals surface area contributed by atoms with Crippen LogP contribution in [0.25, 0.3) is 0 Å². The molecule has 26 heavy (non-hydrogen) atoms. The summed E-state index contributed by atoms with van der Waals surface area (Å²) in [6.45, 7) is 6.96. The molecule has 1 saturated heterocycles. The number of likely N-dealkylation sites (tertiary alicyclic amines) is 1. The average Bonchev–Trinajstić information content (AvgIpc) is 2.66. The molecule has 2 atom stereocenters. The number of hydrogen-bond donors (Lipinski definition) is 2. The predicted molar refractivity (Wildman–Crippen MR) is 100.0 cm³/mol. The van der Waals surface area contributed by atoms with Crippen LogP contribution in [0.5, 0.6) is 0 Å². The SMILES string of the molecule is CCC(C)C(C)C(=O)Nc1ccc(C(=O)N2CCC(C(=O)O)CC2)cc1. The van der Waals surface area contributed by atoms with Crippen LogP contribution >= 0.6 is 0 Å². The van der Waals surface area contributed by atoms with Gasteiger partial charge in [-0.05, 0) is 43.0 Å². The molecule has 0 spiro atoms. The maximum Gasteiger partial charge on any atom is 0.306 e. The average molecular weight is 360 g/mol. The maximum absolute atomic E-state index is 12.5. The summed E-state index contributed by atoms with van der Waals surface area (Å²) in [5.74, 6) is -1.02. The van der Waals surface area contributed by atoms with Gasteiger partial charge in [0.1, 0.15) is 0 Å². The van der Waals surface area contributed by atoms with Gasteiger partial charge in [-0.2, -0.15) is 0 Å². The molecule has 2 amide bonds. The molecule has 0 bridgehead atoms. The molecule has 6 heteroatoms. The highest BCUT2D eigenvalue weighted by Crippen LogP contribution is 2.21. The second-order valence-electron chi connectivity index (χ2n) is 7.15. The fourth-order valence-corrected chi connectivity index (χ4v) is 3.08. The van der Waals surface area contributed by atoms with Crippen LogP contribution in [0.1, 0.15) is 50.4 Å². The number of nitrogens with zero attached hydrogens (tertiary/aromatic N) is 1. The van der Waals surface area contributed by atoms with Crippen molar-refractivity contribution >= 4 is 23.5 Å². The Morgan fingerprint density at radius 3 is 2.23 bits per heavy atom. The van der Waals surface area contributed by atoms with E-state index in [2.05, 4.69) is 19.2 Å². The van der Waals surface area contributed by atoms with Gasteiger partial charge >= 0.3 is 5.97 Å². The second-order valence-corrected chi connectivity index (χ2v) is 7.15. The van der Waals surface area contributed by atoms with Gasteiger partial charge in [-0.3, -0.25) is 14.4 Å². The lowest BCUT2D eigenvalue weighted by molar-refractivity contribution is -0.143. The zero-order valence-electron chi connectivity index (χ0n) is 15.7. The van der Waals surface area contributed by atoms with Crippen LogP contribution in [0.4, 0.5) is 5.69 Å². The predicted octanol–water partition coefficient (Wildman–Crippen LogP) is 3.24. The van der Waals surface area contributed by atoms with Crippen LogP contribution in [-0.2, 0) is 9.59 Å². The number of amides is 2. The van der Waals surface area contributed by atoms with Crippen molar-refractivity contribution in [3.8, 4) is 0 Å². The van der Waals surface area contributed by atoms with Gasteiger partial charge in [0.2, 0.25) is 5.91 Å². The highest BCUT2D eigenvalue weighted by molar-refractivity contribution is 5.96.